The average Bonchev–Trinajstić information content (AvgIpc) is 3.61. The molecule has 0 unspecified atom stereocenters. The second-order valence-corrected chi connectivity index (χ2v) is 11.5. The number of aryl methyl sites for hydroxylation is 1. The number of nitrogens with one attached hydrogen (secondary N) is 1. The molecule has 0 aromatic heterocycles. The van der Waals surface area contributed by atoms with Gasteiger partial charge >= 0.3 is 5.97 Å². The molecule has 7 nitrogen and oxygen atoms in total. The van der Waals surface area contributed by atoms with Gasteiger partial charge in [0.2, 0.25) is 11.8 Å². The molecule has 2 bridgehead atoms. The number of hydrogen-bond acceptors (Lipinski definition) is 5. The number of carbonyl (C=O) groups excluding carboxylic acids is 4. The second kappa shape index (κ2) is 10.1. The van der Waals surface area contributed by atoms with Crippen molar-refractivity contribution in [2.75, 3.05) is 16.8 Å². The summed E-state index contributed by atoms with van der Waals surface area (Å²) in [5.74, 6) is -1.26. The standard InChI is InChI=1S/C31H27BrN2O5/c1-17-13-21(32)9-12-25(17)33-26(35)16-39-31(38)19-7-10-22(11-8-19)34-29(36)27-20-14-23(18-5-3-2-4-6-18)24(15-20)28(27)30(34)37/h2-13,20,23-24,27-28H,14-16H2,1H3,(H,33,35)/t20-,23-,24+,27+,28+/m0/s1. The summed E-state index contributed by atoms with van der Waals surface area (Å²) in [6, 6.07) is 21.9. The number of amides is 3. The van der Waals surface area contributed by atoms with Gasteiger partial charge in [-0.25, -0.2) is 4.79 Å². The lowest BCUT2D eigenvalue weighted by Gasteiger charge is -2.28. The Labute approximate surface area is 234 Å². The molecule has 5 atom stereocenters. The molecule has 3 fully saturated rings. The first kappa shape index (κ1) is 25.5. The first-order chi connectivity index (χ1) is 18.8. The molecule has 3 aromatic rings. The summed E-state index contributed by atoms with van der Waals surface area (Å²) in [5, 5.41) is 2.73. The van der Waals surface area contributed by atoms with Crippen LogP contribution in [0.4, 0.5) is 11.4 Å². The maximum Gasteiger partial charge on any atom is 0.338 e. The zero-order valence-corrected chi connectivity index (χ0v) is 22.9. The smallest absolute Gasteiger partial charge is 0.338 e. The van der Waals surface area contributed by atoms with Crippen molar-refractivity contribution in [1.29, 1.82) is 0 Å². The zero-order valence-electron chi connectivity index (χ0n) is 21.3. The van der Waals surface area contributed by atoms with Crippen molar-refractivity contribution in [3.63, 3.8) is 0 Å². The van der Waals surface area contributed by atoms with E-state index in [4.69, 9.17) is 4.74 Å². The highest BCUT2D eigenvalue weighted by molar-refractivity contribution is 9.10. The van der Waals surface area contributed by atoms with E-state index in [1.165, 1.54) is 22.6 Å². The van der Waals surface area contributed by atoms with Crippen LogP contribution in [-0.4, -0.2) is 30.3 Å². The van der Waals surface area contributed by atoms with Crippen LogP contribution in [0.25, 0.3) is 0 Å². The van der Waals surface area contributed by atoms with E-state index >= 15 is 0 Å². The van der Waals surface area contributed by atoms with Crippen LogP contribution in [0.2, 0.25) is 0 Å². The summed E-state index contributed by atoms with van der Waals surface area (Å²) in [4.78, 5) is 53.0. The van der Waals surface area contributed by atoms with Gasteiger partial charge in [-0.15, -0.1) is 0 Å². The Hall–Kier alpha value is -3.78. The van der Waals surface area contributed by atoms with Crippen LogP contribution < -0.4 is 10.2 Å². The number of hydrogen-bond donors (Lipinski definition) is 1. The molecule has 3 amide bonds. The predicted molar refractivity (Wildman–Crippen MR) is 149 cm³/mol. The van der Waals surface area contributed by atoms with E-state index in [9.17, 15) is 19.2 Å². The summed E-state index contributed by atoms with van der Waals surface area (Å²) >= 11 is 3.38. The van der Waals surface area contributed by atoms with Crippen molar-refractivity contribution in [1.82, 2.24) is 0 Å². The molecule has 1 saturated heterocycles. The highest BCUT2D eigenvalue weighted by atomic mass is 79.9. The van der Waals surface area contributed by atoms with Gasteiger partial charge < -0.3 is 10.1 Å². The quantitative estimate of drug-likeness (QED) is 0.305. The van der Waals surface area contributed by atoms with Gasteiger partial charge in [0, 0.05) is 10.2 Å². The predicted octanol–water partition coefficient (Wildman–Crippen LogP) is 5.48. The Balaban J connectivity index is 1.10. The lowest BCUT2D eigenvalue weighted by atomic mass is 9.73. The van der Waals surface area contributed by atoms with Crippen LogP contribution in [0, 0.1) is 30.6 Å². The second-order valence-electron chi connectivity index (χ2n) is 10.6. The Morgan fingerprint density at radius 1 is 0.949 bits per heavy atom. The molecule has 39 heavy (non-hydrogen) atoms. The number of imide groups is 1. The molecule has 1 aliphatic heterocycles. The largest absolute Gasteiger partial charge is 0.452 e. The molecule has 1 heterocycles. The summed E-state index contributed by atoms with van der Waals surface area (Å²) in [7, 11) is 0. The molecule has 3 aliphatic rings. The van der Waals surface area contributed by atoms with Crippen LogP contribution >= 0.6 is 15.9 Å². The van der Waals surface area contributed by atoms with E-state index in [1.54, 1.807) is 18.2 Å². The average molecular weight is 587 g/mol. The van der Waals surface area contributed by atoms with Crippen molar-refractivity contribution in [2.45, 2.75) is 25.7 Å². The van der Waals surface area contributed by atoms with E-state index in [1.807, 2.05) is 37.3 Å². The zero-order chi connectivity index (χ0) is 27.3. The van der Waals surface area contributed by atoms with Crippen molar-refractivity contribution < 1.29 is 23.9 Å². The molecule has 6 rings (SSSR count). The van der Waals surface area contributed by atoms with Crippen LogP contribution in [0.15, 0.2) is 77.3 Å². The highest BCUT2D eigenvalue weighted by Crippen LogP contribution is 2.61. The van der Waals surface area contributed by atoms with Crippen molar-refractivity contribution in [2.24, 2.45) is 23.7 Å². The van der Waals surface area contributed by atoms with E-state index in [0.717, 1.165) is 22.9 Å². The Morgan fingerprint density at radius 3 is 2.38 bits per heavy atom. The number of halogens is 1. The first-order valence-corrected chi connectivity index (χ1v) is 13.9. The molecule has 3 aromatic carbocycles. The number of nitrogens with zero attached hydrogens (tertiary/aromatic N) is 1. The molecule has 2 saturated carbocycles. The lowest BCUT2D eigenvalue weighted by molar-refractivity contribution is -0.123. The lowest BCUT2D eigenvalue weighted by Crippen LogP contribution is -2.33. The third kappa shape index (κ3) is 4.56. The van der Waals surface area contributed by atoms with Gasteiger partial charge in [0.15, 0.2) is 6.61 Å². The van der Waals surface area contributed by atoms with Gasteiger partial charge in [0.1, 0.15) is 0 Å². The number of rotatable bonds is 6. The first-order valence-electron chi connectivity index (χ1n) is 13.1. The van der Waals surface area contributed by atoms with E-state index in [-0.39, 0.29) is 41.0 Å². The molecule has 2 aliphatic carbocycles. The Bertz CT molecular complexity index is 1470. The van der Waals surface area contributed by atoms with Crippen LogP contribution in [-0.2, 0) is 19.1 Å². The topological polar surface area (TPSA) is 92.8 Å². The third-order valence-electron chi connectivity index (χ3n) is 8.40. The fraction of sp³-hybridized carbons (Fsp3) is 0.290. The van der Waals surface area contributed by atoms with Crippen molar-refractivity contribution >= 4 is 51.0 Å². The molecule has 198 valence electrons. The fourth-order valence-corrected chi connectivity index (χ4v) is 7.19. The van der Waals surface area contributed by atoms with Crippen molar-refractivity contribution in [3.8, 4) is 0 Å². The van der Waals surface area contributed by atoms with Gasteiger partial charge in [0.05, 0.1) is 23.1 Å². The summed E-state index contributed by atoms with van der Waals surface area (Å²) < 4.78 is 6.08. The van der Waals surface area contributed by atoms with Gasteiger partial charge in [-0.2, -0.15) is 0 Å². The molecule has 0 radical (unpaired) electrons. The minimum atomic E-state index is -0.663. The van der Waals surface area contributed by atoms with Gasteiger partial charge in [0.25, 0.3) is 5.91 Å². The SMILES string of the molecule is Cc1cc(Br)ccc1NC(=O)COC(=O)c1ccc(N2C(=O)[C@@H]3[C@@H]4C[C@@H]([C@H]3C2=O)[C@H](c2ccccc2)C4)cc1. The number of benzene rings is 3. The minimum Gasteiger partial charge on any atom is -0.452 e. The van der Waals surface area contributed by atoms with Crippen LogP contribution in [0.5, 0.6) is 0 Å². The number of anilines is 2. The summed E-state index contributed by atoms with van der Waals surface area (Å²) in [5.41, 5.74) is 3.44. The maximum absolute atomic E-state index is 13.5. The van der Waals surface area contributed by atoms with E-state index < -0.39 is 18.5 Å². The van der Waals surface area contributed by atoms with Gasteiger partial charge in [-0.1, -0.05) is 46.3 Å². The van der Waals surface area contributed by atoms with Gasteiger partial charge in [-0.05, 0) is 91.1 Å². The van der Waals surface area contributed by atoms with Crippen molar-refractivity contribution in [3.05, 3.63) is 94.0 Å². The number of esters is 1. The number of carbonyl (C=O) groups is 4. The molecule has 1 N–H and O–H groups in total. The molecule has 8 heteroatoms. The normalized spacial score (nSPS) is 25.1. The van der Waals surface area contributed by atoms with Crippen LogP contribution in [0.3, 0.4) is 0 Å². The third-order valence-corrected chi connectivity index (χ3v) is 8.89. The van der Waals surface area contributed by atoms with E-state index in [0.29, 0.717) is 17.3 Å². The Morgan fingerprint density at radius 2 is 1.67 bits per heavy atom. The summed E-state index contributed by atoms with van der Waals surface area (Å²) in [6.07, 6.45) is 1.85. The minimum absolute atomic E-state index is 0.140. The monoisotopic (exact) mass is 586 g/mol. The van der Waals surface area contributed by atoms with E-state index in [2.05, 4.69) is 33.4 Å². The molecular formula is C31H27BrN2O5. The molecule has 0 spiro atoms. The van der Waals surface area contributed by atoms with Crippen LogP contribution in [0.1, 0.15) is 40.2 Å². The number of ether oxygens (including phenoxy) is 1. The highest BCUT2D eigenvalue weighted by Gasteiger charge is 2.64. The molecular weight excluding hydrogens is 560 g/mol. The van der Waals surface area contributed by atoms with Gasteiger partial charge in [-0.3, -0.25) is 19.3 Å². The Kier molecular flexibility index (Phi) is 6.59. The fourth-order valence-electron chi connectivity index (χ4n) is 6.71. The maximum atomic E-state index is 13.5. The number of fused-ring (bicyclic) bond motifs is 5. The summed E-state index contributed by atoms with van der Waals surface area (Å²) in [6.45, 7) is 1.43.